The molecule has 2 amide bonds. The van der Waals surface area contributed by atoms with Crippen LogP contribution < -0.4 is 10.6 Å². The number of nitrogens with one attached hydrogen (secondary N) is 2. The molecule has 2 aromatic carbocycles. The molecule has 0 atom stereocenters. The molecule has 1 aliphatic heterocycles. The largest absolute Gasteiger partial charge is 0.381 e. The van der Waals surface area contributed by atoms with Crippen molar-refractivity contribution in [2.45, 2.75) is 36.3 Å². The molecule has 2 aromatic rings. The summed E-state index contributed by atoms with van der Waals surface area (Å²) in [6.07, 6.45) is 1.65. The normalized spacial score (nSPS) is 15.6. The van der Waals surface area contributed by atoms with Crippen LogP contribution in [0.2, 0.25) is 0 Å². The molecule has 148 valence electrons. The van der Waals surface area contributed by atoms with Crippen LogP contribution in [-0.2, 0) is 14.3 Å². The lowest BCUT2D eigenvalue weighted by Gasteiger charge is -2.36. The second kappa shape index (κ2) is 9.26. The van der Waals surface area contributed by atoms with E-state index in [4.69, 9.17) is 4.74 Å². The predicted octanol–water partition coefficient (Wildman–Crippen LogP) is 3.70. The molecule has 1 aliphatic rings. The number of anilines is 1. The van der Waals surface area contributed by atoms with E-state index in [1.165, 1.54) is 0 Å². The van der Waals surface area contributed by atoms with Gasteiger partial charge in [-0.05, 0) is 49.9 Å². The Morgan fingerprint density at radius 3 is 2.25 bits per heavy atom. The summed E-state index contributed by atoms with van der Waals surface area (Å²) in [6.45, 7) is 5.56. The van der Waals surface area contributed by atoms with E-state index < -0.39 is 11.8 Å². The molecule has 0 saturated carbocycles. The SMILES string of the molecule is Cc1cccc(C)c1NC(=O)C(=O)NCC1(Sc2ccccc2)CCOCC1. The first-order valence-corrected chi connectivity index (χ1v) is 10.3. The van der Waals surface area contributed by atoms with Crippen LogP contribution in [0.4, 0.5) is 5.69 Å². The highest BCUT2D eigenvalue weighted by atomic mass is 32.2. The molecule has 0 aromatic heterocycles. The van der Waals surface area contributed by atoms with Gasteiger partial charge in [-0.3, -0.25) is 9.59 Å². The van der Waals surface area contributed by atoms with Crippen molar-refractivity contribution in [1.82, 2.24) is 5.32 Å². The van der Waals surface area contributed by atoms with Gasteiger partial charge in [-0.15, -0.1) is 11.8 Å². The Labute approximate surface area is 170 Å². The first kappa shape index (κ1) is 20.4. The van der Waals surface area contributed by atoms with E-state index in [1.807, 2.05) is 50.2 Å². The summed E-state index contributed by atoms with van der Waals surface area (Å²) < 4.78 is 5.34. The highest BCUT2D eigenvalue weighted by molar-refractivity contribution is 8.00. The third-order valence-electron chi connectivity index (χ3n) is 4.98. The number of ether oxygens (including phenoxy) is 1. The number of hydrogen-bond donors (Lipinski definition) is 2. The molecule has 1 saturated heterocycles. The van der Waals surface area contributed by atoms with Crippen LogP contribution in [0.1, 0.15) is 24.0 Å². The summed E-state index contributed by atoms with van der Waals surface area (Å²) in [4.78, 5) is 26.0. The molecule has 1 heterocycles. The van der Waals surface area contributed by atoms with Crippen LogP contribution in [0.15, 0.2) is 53.4 Å². The molecule has 0 radical (unpaired) electrons. The molecule has 3 rings (SSSR count). The molecular weight excluding hydrogens is 372 g/mol. The molecule has 28 heavy (non-hydrogen) atoms. The van der Waals surface area contributed by atoms with Crippen molar-refractivity contribution in [2.24, 2.45) is 0 Å². The monoisotopic (exact) mass is 398 g/mol. The topological polar surface area (TPSA) is 67.4 Å². The van der Waals surface area contributed by atoms with Gasteiger partial charge in [0.05, 0.1) is 0 Å². The van der Waals surface area contributed by atoms with E-state index in [0.29, 0.717) is 25.4 Å². The Bertz CT molecular complexity index is 813. The van der Waals surface area contributed by atoms with Gasteiger partial charge in [0, 0.05) is 35.1 Å². The highest BCUT2D eigenvalue weighted by Crippen LogP contribution is 2.40. The molecule has 0 bridgehead atoms. The van der Waals surface area contributed by atoms with E-state index in [9.17, 15) is 9.59 Å². The number of carbonyl (C=O) groups excluding carboxylic acids is 2. The Hall–Kier alpha value is -2.31. The zero-order chi connectivity index (χ0) is 20.0. The second-order valence-corrected chi connectivity index (χ2v) is 8.66. The smallest absolute Gasteiger partial charge is 0.313 e. The van der Waals surface area contributed by atoms with Crippen LogP contribution >= 0.6 is 11.8 Å². The van der Waals surface area contributed by atoms with Crippen molar-refractivity contribution >= 4 is 29.3 Å². The van der Waals surface area contributed by atoms with Gasteiger partial charge in [-0.2, -0.15) is 0 Å². The average molecular weight is 399 g/mol. The molecule has 5 nitrogen and oxygen atoms in total. The number of carbonyl (C=O) groups is 2. The molecule has 0 aliphatic carbocycles. The van der Waals surface area contributed by atoms with Crippen molar-refractivity contribution in [1.29, 1.82) is 0 Å². The zero-order valence-electron chi connectivity index (χ0n) is 16.3. The van der Waals surface area contributed by atoms with Crippen LogP contribution in [0, 0.1) is 13.8 Å². The van der Waals surface area contributed by atoms with Crippen LogP contribution in [0.25, 0.3) is 0 Å². The van der Waals surface area contributed by atoms with Gasteiger partial charge in [0.2, 0.25) is 0 Å². The number of aryl methyl sites for hydroxylation is 2. The van der Waals surface area contributed by atoms with E-state index >= 15 is 0 Å². The summed E-state index contributed by atoms with van der Waals surface area (Å²) in [7, 11) is 0. The van der Waals surface area contributed by atoms with E-state index in [1.54, 1.807) is 11.8 Å². The lowest BCUT2D eigenvalue weighted by molar-refractivity contribution is -0.136. The predicted molar refractivity (Wildman–Crippen MR) is 113 cm³/mol. The molecule has 2 N–H and O–H groups in total. The van der Waals surface area contributed by atoms with Crippen LogP contribution in [-0.4, -0.2) is 36.3 Å². The Kier molecular flexibility index (Phi) is 6.75. The van der Waals surface area contributed by atoms with Gasteiger partial charge < -0.3 is 15.4 Å². The Morgan fingerprint density at radius 2 is 1.61 bits per heavy atom. The summed E-state index contributed by atoms with van der Waals surface area (Å²) in [6, 6.07) is 15.9. The molecule has 0 spiro atoms. The quantitative estimate of drug-likeness (QED) is 0.754. The van der Waals surface area contributed by atoms with E-state index in [2.05, 4.69) is 22.8 Å². The second-order valence-electron chi connectivity index (χ2n) is 7.11. The lowest BCUT2D eigenvalue weighted by Crippen LogP contribution is -2.47. The maximum Gasteiger partial charge on any atom is 0.313 e. The number of thioether (sulfide) groups is 1. The molecular formula is C22H26N2O3S. The minimum atomic E-state index is -0.635. The van der Waals surface area contributed by atoms with Gasteiger partial charge in [0.15, 0.2) is 0 Å². The fourth-order valence-electron chi connectivity index (χ4n) is 3.30. The van der Waals surface area contributed by atoms with Crippen LogP contribution in [0.3, 0.4) is 0 Å². The summed E-state index contributed by atoms with van der Waals surface area (Å²) in [5.74, 6) is -1.24. The fourth-order valence-corrected chi connectivity index (χ4v) is 4.61. The minimum Gasteiger partial charge on any atom is -0.381 e. The van der Waals surface area contributed by atoms with Crippen molar-refractivity contribution in [3.05, 3.63) is 59.7 Å². The van der Waals surface area contributed by atoms with Gasteiger partial charge in [0.1, 0.15) is 0 Å². The van der Waals surface area contributed by atoms with E-state index in [0.717, 1.165) is 28.9 Å². The number of hydrogen-bond acceptors (Lipinski definition) is 4. The first-order valence-electron chi connectivity index (χ1n) is 9.46. The standard InChI is InChI=1S/C22H26N2O3S/c1-16-7-6-8-17(2)19(16)24-21(26)20(25)23-15-22(11-13-27-14-12-22)28-18-9-4-3-5-10-18/h3-10H,11-15H2,1-2H3,(H,23,25)(H,24,26). The van der Waals surface area contributed by atoms with E-state index in [-0.39, 0.29) is 4.75 Å². The van der Waals surface area contributed by atoms with Crippen molar-refractivity contribution in [2.75, 3.05) is 25.1 Å². The van der Waals surface area contributed by atoms with Gasteiger partial charge >= 0.3 is 11.8 Å². The molecule has 0 unspecified atom stereocenters. The summed E-state index contributed by atoms with van der Waals surface area (Å²) in [5.41, 5.74) is 2.56. The average Bonchev–Trinajstić information content (AvgIpc) is 2.70. The zero-order valence-corrected chi connectivity index (χ0v) is 17.1. The molecule has 6 heteroatoms. The third kappa shape index (κ3) is 5.14. The Morgan fingerprint density at radius 1 is 0.964 bits per heavy atom. The number of amides is 2. The van der Waals surface area contributed by atoms with Crippen molar-refractivity contribution in [3.8, 4) is 0 Å². The third-order valence-corrected chi connectivity index (χ3v) is 6.47. The minimum absolute atomic E-state index is 0.172. The fraction of sp³-hybridized carbons (Fsp3) is 0.364. The van der Waals surface area contributed by atoms with Crippen molar-refractivity contribution in [3.63, 3.8) is 0 Å². The number of benzene rings is 2. The highest BCUT2D eigenvalue weighted by Gasteiger charge is 2.35. The first-order chi connectivity index (χ1) is 13.5. The number of para-hydroxylation sites is 1. The number of rotatable bonds is 5. The summed E-state index contributed by atoms with van der Waals surface area (Å²) >= 11 is 1.75. The lowest BCUT2D eigenvalue weighted by atomic mass is 9.99. The van der Waals surface area contributed by atoms with Crippen LogP contribution in [0.5, 0.6) is 0 Å². The summed E-state index contributed by atoms with van der Waals surface area (Å²) in [5, 5.41) is 5.59. The van der Waals surface area contributed by atoms with Gasteiger partial charge in [-0.1, -0.05) is 36.4 Å². The van der Waals surface area contributed by atoms with Crippen molar-refractivity contribution < 1.29 is 14.3 Å². The van der Waals surface area contributed by atoms with Gasteiger partial charge in [0.25, 0.3) is 0 Å². The maximum absolute atomic E-state index is 12.4. The van der Waals surface area contributed by atoms with Gasteiger partial charge in [-0.25, -0.2) is 0 Å². The molecule has 1 fully saturated rings. The maximum atomic E-state index is 12.4. The Balaban J connectivity index is 1.64.